The van der Waals surface area contributed by atoms with Crippen LogP contribution >= 0.6 is 0 Å². The molecule has 1 heterocycles. The van der Waals surface area contributed by atoms with Crippen molar-refractivity contribution < 1.29 is 0 Å². The molecular formula is C47H31N3. The van der Waals surface area contributed by atoms with Crippen LogP contribution in [-0.2, 0) is 0 Å². The fourth-order valence-electron chi connectivity index (χ4n) is 6.59. The predicted molar refractivity (Wildman–Crippen MR) is 207 cm³/mol. The van der Waals surface area contributed by atoms with Gasteiger partial charge in [0.25, 0.3) is 0 Å². The van der Waals surface area contributed by atoms with Crippen LogP contribution in [0.2, 0.25) is 0 Å². The third-order valence-corrected chi connectivity index (χ3v) is 9.32. The maximum absolute atomic E-state index is 5.05. The summed E-state index contributed by atoms with van der Waals surface area (Å²) in [4.78, 5) is 15.1. The summed E-state index contributed by atoms with van der Waals surface area (Å²) >= 11 is 0. The first-order chi connectivity index (χ1) is 24.7. The van der Waals surface area contributed by atoms with Crippen LogP contribution in [0.15, 0.2) is 188 Å². The van der Waals surface area contributed by atoms with Crippen LogP contribution in [0.25, 0.3) is 89.1 Å². The molecule has 0 aliphatic heterocycles. The Hall–Kier alpha value is -6.71. The molecule has 3 heteroatoms. The van der Waals surface area contributed by atoms with E-state index in [9.17, 15) is 0 Å². The first kappa shape index (κ1) is 29.4. The zero-order valence-corrected chi connectivity index (χ0v) is 27.2. The molecule has 0 spiro atoms. The molecule has 8 aromatic carbocycles. The van der Waals surface area contributed by atoms with E-state index in [1.165, 1.54) is 32.7 Å². The lowest BCUT2D eigenvalue weighted by Gasteiger charge is -2.11. The van der Waals surface area contributed by atoms with Gasteiger partial charge < -0.3 is 0 Å². The van der Waals surface area contributed by atoms with Crippen LogP contribution in [0.4, 0.5) is 0 Å². The van der Waals surface area contributed by atoms with Crippen molar-refractivity contribution >= 4 is 21.5 Å². The number of aromatic nitrogens is 3. The van der Waals surface area contributed by atoms with Gasteiger partial charge in [-0.25, -0.2) is 15.0 Å². The molecule has 0 fully saturated rings. The third kappa shape index (κ3) is 5.82. The molecule has 9 aromatic rings. The van der Waals surface area contributed by atoms with Gasteiger partial charge in [-0.05, 0) is 73.1 Å². The van der Waals surface area contributed by atoms with Crippen molar-refractivity contribution in [1.82, 2.24) is 15.0 Å². The first-order valence-corrected chi connectivity index (χ1v) is 16.8. The summed E-state index contributed by atoms with van der Waals surface area (Å²) in [5, 5.41) is 4.93. The van der Waals surface area contributed by atoms with E-state index >= 15 is 0 Å². The number of benzene rings is 8. The van der Waals surface area contributed by atoms with Gasteiger partial charge in [-0.3, -0.25) is 0 Å². The van der Waals surface area contributed by atoms with Gasteiger partial charge in [0.15, 0.2) is 17.5 Å². The Balaban J connectivity index is 1.11. The average Bonchev–Trinajstić information content (AvgIpc) is 3.21. The lowest BCUT2D eigenvalue weighted by Crippen LogP contribution is -2.00. The Labute approximate surface area is 291 Å². The van der Waals surface area contributed by atoms with Gasteiger partial charge in [0.2, 0.25) is 0 Å². The monoisotopic (exact) mass is 637 g/mol. The molecule has 9 rings (SSSR count). The lowest BCUT2D eigenvalue weighted by atomic mass is 10.00. The van der Waals surface area contributed by atoms with E-state index in [-0.39, 0.29) is 0 Å². The Kier molecular flexibility index (Phi) is 7.49. The molecule has 0 unspecified atom stereocenters. The van der Waals surface area contributed by atoms with Crippen LogP contribution < -0.4 is 0 Å². The maximum atomic E-state index is 5.05. The topological polar surface area (TPSA) is 38.7 Å². The smallest absolute Gasteiger partial charge is 0.164 e. The van der Waals surface area contributed by atoms with Gasteiger partial charge >= 0.3 is 0 Å². The van der Waals surface area contributed by atoms with Crippen molar-refractivity contribution in [1.29, 1.82) is 0 Å². The minimum absolute atomic E-state index is 0.638. The predicted octanol–water partition coefficient (Wildman–Crippen LogP) is 12.2. The molecule has 1 aromatic heterocycles. The van der Waals surface area contributed by atoms with E-state index in [1.807, 2.05) is 6.07 Å². The molecule has 50 heavy (non-hydrogen) atoms. The quantitative estimate of drug-likeness (QED) is 0.182. The minimum atomic E-state index is 0.638. The van der Waals surface area contributed by atoms with E-state index < -0.39 is 0 Å². The SMILES string of the molecule is c1ccc(-c2cccc(-c3nc(-c4ccc(-c5ccc6ccccc6c5)cc4)nc(-c4ccc(-c5ccc6ccccc6c5)cc4)n3)c2)cc1. The van der Waals surface area contributed by atoms with Crippen molar-refractivity contribution in [2.75, 3.05) is 0 Å². The van der Waals surface area contributed by atoms with Crippen LogP contribution in [0.5, 0.6) is 0 Å². The van der Waals surface area contributed by atoms with Crippen molar-refractivity contribution in [2.24, 2.45) is 0 Å². The van der Waals surface area contributed by atoms with Crippen LogP contribution in [-0.4, -0.2) is 15.0 Å². The summed E-state index contributed by atoms with van der Waals surface area (Å²) in [7, 11) is 0. The summed E-state index contributed by atoms with van der Waals surface area (Å²) in [6.45, 7) is 0. The molecule has 0 atom stereocenters. The summed E-state index contributed by atoms with van der Waals surface area (Å²) in [5.41, 5.74) is 9.73. The summed E-state index contributed by atoms with van der Waals surface area (Å²) < 4.78 is 0. The Morgan fingerprint density at radius 3 is 1.06 bits per heavy atom. The van der Waals surface area contributed by atoms with E-state index in [0.29, 0.717) is 17.5 Å². The molecule has 0 amide bonds. The van der Waals surface area contributed by atoms with Gasteiger partial charge in [-0.2, -0.15) is 0 Å². The molecule has 0 bridgehead atoms. The van der Waals surface area contributed by atoms with Crippen LogP contribution in [0, 0.1) is 0 Å². The van der Waals surface area contributed by atoms with Crippen molar-refractivity contribution in [3.63, 3.8) is 0 Å². The first-order valence-electron chi connectivity index (χ1n) is 16.8. The molecule has 0 radical (unpaired) electrons. The number of hydrogen-bond acceptors (Lipinski definition) is 3. The average molecular weight is 638 g/mol. The summed E-state index contributed by atoms with van der Waals surface area (Å²) in [6, 6.07) is 66.0. The van der Waals surface area contributed by atoms with Crippen molar-refractivity contribution in [2.45, 2.75) is 0 Å². The lowest BCUT2D eigenvalue weighted by molar-refractivity contribution is 1.07. The molecule has 234 valence electrons. The van der Waals surface area contributed by atoms with Gasteiger partial charge in [0.05, 0.1) is 0 Å². The van der Waals surface area contributed by atoms with Gasteiger partial charge in [0, 0.05) is 16.7 Å². The second-order valence-corrected chi connectivity index (χ2v) is 12.5. The highest BCUT2D eigenvalue weighted by Gasteiger charge is 2.14. The number of hydrogen-bond donors (Lipinski definition) is 0. The number of fused-ring (bicyclic) bond motifs is 2. The fraction of sp³-hybridized carbons (Fsp3) is 0. The molecular weight excluding hydrogens is 607 g/mol. The maximum Gasteiger partial charge on any atom is 0.164 e. The fourth-order valence-corrected chi connectivity index (χ4v) is 6.59. The zero-order valence-electron chi connectivity index (χ0n) is 27.2. The van der Waals surface area contributed by atoms with Crippen molar-refractivity contribution in [3.8, 4) is 67.5 Å². The molecule has 3 nitrogen and oxygen atoms in total. The number of nitrogens with zero attached hydrogens (tertiary/aromatic N) is 3. The molecule has 0 saturated heterocycles. The summed E-state index contributed by atoms with van der Waals surface area (Å²) in [6.07, 6.45) is 0. The summed E-state index contributed by atoms with van der Waals surface area (Å²) in [5.74, 6) is 1.91. The Bertz CT molecular complexity index is 2490. The van der Waals surface area contributed by atoms with Gasteiger partial charge in [0.1, 0.15) is 0 Å². The highest BCUT2D eigenvalue weighted by Crippen LogP contribution is 2.32. The van der Waals surface area contributed by atoms with Gasteiger partial charge in [-0.1, -0.05) is 170 Å². The van der Waals surface area contributed by atoms with E-state index in [4.69, 9.17) is 15.0 Å². The van der Waals surface area contributed by atoms with Gasteiger partial charge in [-0.15, -0.1) is 0 Å². The zero-order chi connectivity index (χ0) is 33.3. The largest absolute Gasteiger partial charge is 0.208 e. The third-order valence-electron chi connectivity index (χ3n) is 9.32. The van der Waals surface area contributed by atoms with E-state index in [2.05, 4.69) is 182 Å². The second kappa shape index (κ2) is 12.7. The second-order valence-electron chi connectivity index (χ2n) is 12.5. The molecule has 0 saturated carbocycles. The normalized spacial score (nSPS) is 11.2. The molecule has 0 aliphatic carbocycles. The standard InChI is InChI=1S/C47H31N3/c1-2-9-32(10-3-1)41-15-8-16-44(31-41)47-49-45(37-23-17-35(18-24-37)42-27-21-33-11-4-6-13-39(33)29-42)48-46(50-47)38-25-19-36(20-26-38)43-28-22-34-12-5-7-14-40(34)30-43/h1-31H. The number of rotatable bonds is 6. The Morgan fingerprint density at radius 1 is 0.200 bits per heavy atom. The van der Waals surface area contributed by atoms with E-state index in [1.54, 1.807) is 0 Å². The minimum Gasteiger partial charge on any atom is -0.208 e. The molecule has 0 N–H and O–H groups in total. The van der Waals surface area contributed by atoms with Crippen LogP contribution in [0.1, 0.15) is 0 Å². The van der Waals surface area contributed by atoms with Crippen LogP contribution in [0.3, 0.4) is 0 Å². The van der Waals surface area contributed by atoms with E-state index in [0.717, 1.165) is 38.9 Å². The van der Waals surface area contributed by atoms with Crippen molar-refractivity contribution in [3.05, 3.63) is 188 Å². The molecule has 0 aliphatic rings. The highest BCUT2D eigenvalue weighted by molar-refractivity contribution is 5.88. The Morgan fingerprint density at radius 2 is 0.540 bits per heavy atom. The highest BCUT2D eigenvalue weighted by atomic mass is 15.0.